The Kier molecular flexibility index (Phi) is 5.54. The molecular weight excluding hydrogens is 282 g/mol. The quantitative estimate of drug-likeness (QED) is 0.723. The van der Waals surface area contributed by atoms with E-state index >= 15 is 0 Å². The van der Waals surface area contributed by atoms with Gasteiger partial charge in [-0.05, 0) is 12.1 Å². The van der Waals surface area contributed by atoms with Crippen LogP contribution < -0.4 is 4.72 Å². The fourth-order valence-corrected chi connectivity index (χ4v) is 2.68. The van der Waals surface area contributed by atoms with E-state index in [9.17, 15) is 13.2 Å². The lowest BCUT2D eigenvalue weighted by atomic mass is 10.4. The van der Waals surface area contributed by atoms with Crippen LogP contribution in [0.4, 0.5) is 0 Å². The zero-order chi connectivity index (χ0) is 13.6. The van der Waals surface area contributed by atoms with E-state index in [1.165, 1.54) is 12.1 Å². The molecule has 100 valence electrons. The fourth-order valence-electron chi connectivity index (χ4n) is 1.15. The van der Waals surface area contributed by atoms with E-state index in [0.717, 1.165) is 0 Å². The smallest absolute Gasteiger partial charge is 0.329 e. The molecule has 0 amide bonds. The minimum atomic E-state index is -3.70. The van der Waals surface area contributed by atoms with Crippen molar-refractivity contribution in [2.24, 2.45) is 0 Å². The first kappa shape index (κ1) is 14.9. The summed E-state index contributed by atoms with van der Waals surface area (Å²) < 4.78 is 30.5. The van der Waals surface area contributed by atoms with Crippen molar-refractivity contribution in [3.8, 4) is 0 Å². The van der Waals surface area contributed by atoms with Crippen LogP contribution in [0.15, 0.2) is 29.2 Å². The Bertz CT molecular complexity index is 517. The number of benzene rings is 1. The summed E-state index contributed by atoms with van der Waals surface area (Å²) in [6, 6.07) is 6.03. The summed E-state index contributed by atoms with van der Waals surface area (Å²) in [5, 5.41) is 8.43. The number of halogens is 1. The molecular formula is C10H12ClNO5S. The van der Waals surface area contributed by atoms with Crippen LogP contribution in [0.5, 0.6) is 0 Å². The van der Waals surface area contributed by atoms with Crippen molar-refractivity contribution in [1.82, 2.24) is 4.72 Å². The van der Waals surface area contributed by atoms with Crippen LogP contribution in [0, 0.1) is 0 Å². The molecule has 0 aliphatic carbocycles. The van der Waals surface area contributed by atoms with Crippen molar-refractivity contribution < 1.29 is 23.1 Å². The Labute approximate surface area is 110 Å². The molecule has 0 saturated carbocycles. The maximum Gasteiger partial charge on any atom is 0.329 e. The van der Waals surface area contributed by atoms with Crippen LogP contribution in [0.25, 0.3) is 0 Å². The maximum atomic E-state index is 11.8. The zero-order valence-corrected chi connectivity index (χ0v) is 10.9. The normalized spacial score (nSPS) is 11.4. The highest BCUT2D eigenvalue weighted by Crippen LogP contribution is 2.19. The Hall–Kier alpha value is -1.15. The molecule has 0 spiro atoms. The second kappa shape index (κ2) is 6.69. The van der Waals surface area contributed by atoms with Gasteiger partial charge < -0.3 is 9.84 Å². The number of aliphatic carboxylic acids is 1. The molecule has 0 heterocycles. The van der Waals surface area contributed by atoms with Gasteiger partial charge in [-0.15, -0.1) is 0 Å². The van der Waals surface area contributed by atoms with Crippen molar-refractivity contribution in [3.05, 3.63) is 29.3 Å². The summed E-state index contributed by atoms with van der Waals surface area (Å²) in [5.74, 6) is -1.11. The first-order valence-corrected chi connectivity index (χ1v) is 6.83. The van der Waals surface area contributed by atoms with Gasteiger partial charge in [0.15, 0.2) is 0 Å². The molecule has 0 fully saturated rings. The molecule has 18 heavy (non-hydrogen) atoms. The third kappa shape index (κ3) is 4.61. The lowest BCUT2D eigenvalue weighted by Crippen LogP contribution is -2.28. The van der Waals surface area contributed by atoms with Crippen molar-refractivity contribution in [2.45, 2.75) is 4.90 Å². The van der Waals surface area contributed by atoms with Gasteiger partial charge in [0.25, 0.3) is 0 Å². The van der Waals surface area contributed by atoms with Crippen LogP contribution in [-0.2, 0) is 19.6 Å². The SMILES string of the molecule is O=C(O)COCCNS(=O)(=O)c1ccccc1Cl. The standard InChI is InChI=1S/C10H12ClNO5S/c11-8-3-1-2-4-9(8)18(15,16)12-5-6-17-7-10(13)14/h1-4,12H,5-7H2,(H,13,14). The molecule has 0 saturated heterocycles. The van der Waals surface area contributed by atoms with Gasteiger partial charge in [-0.25, -0.2) is 17.9 Å². The first-order chi connectivity index (χ1) is 8.43. The monoisotopic (exact) mass is 293 g/mol. The molecule has 8 heteroatoms. The van der Waals surface area contributed by atoms with E-state index in [-0.39, 0.29) is 23.1 Å². The zero-order valence-electron chi connectivity index (χ0n) is 9.30. The molecule has 0 unspecified atom stereocenters. The predicted molar refractivity (Wildman–Crippen MR) is 65.1 cm³/mol. The van der Waals surface area contributed by atoms with Gasteiger partial charge in [-0.3, -0.25) is 0 Å². The molecule has 0 radical (unpaired) electrons. The van der Waals surface area contributed by atoms with E-state index < -0.39 is 22.6 Å². The Morgan fingerprint density at radius 2 is 2.06 bits per heavy atom. The number of carbonyl (C=O) groups is 1. The Morgan fingerprint density at radius 1 is 1.39 bits per heavy atom. The third-order valence-corrected chi connectivity index (χ3v) is 3.85. The average molecular weight is 294 g/mol. The topological polar surface area (TPSA) is 92.7 Å². The number of ether oxygens (including phenoxy) is 1. The third-order valence-electron chi connectivity index (χ3n) is 1.89. The van der Waals surface area contributed by atoms with Crippen molar-refractivity contribution in [1.29, 1.82) is 0 Å². The lowest BCUT2D eigenvalue weighted by molar-refractivity contribution is -0.142. The van der Waals surface area contributed by atoms with Crippen molar-refractivity contribution in [2.75, 3.05) is 19.8 Å². The number of carboxylic acids is 1. The van der Waals surface area contributed by atoms with Crippen LogP contribution in [0.3, 0.4) is 0 Å². The predicted octanol–water partition coefficient (Wildman–Crippen LogP) is 0.720. The first-order valence-electron chi connectivity index (χ1n) is 4.97. The average Bonchev–Trinajstić information content (AvgIpc) is 2.28. The summed E-state index contributed by atoms with van der Waals surface area (Å²) in [6.45, 7) is -0.523. The highest BCUT2D eigenvalue weighted by Gasteiger charge is 2.16. The van der Waals surface area contributed by atoms with Gasteiger partial charge in [-0.1, -0.05) is 23.7 Å². The highest BCUT2D eigenvalue weighted by atomic mass is 35.5. The molecule has 0 aliphatic rings. The van der Waals surface area contributed by atoms with Crippen molar-refractivity contribution >= 4 is 27.6 Å². The summed E-state index contributed by atoms with van der Waals surface area (Å²) >= 11 is 5.76. The molecule has 2 N–H and O–H groups in total. The maximum absolute atomic E-state index is 11.8. The van der Waals surface area contributed by atoms with E-state index in [2.05, 4.69) is 4.72 Å². The van der Waals surface area contributed by atoms with Crippen molar-refractivity contribution in [3.63, 3.8) is 0 Å². The molecule has 1 rings (SSSR count). The highest BCUT2D eigenvalue weighted by molar-refractivity contribution is 7.89. The Balaban J connectivity index is 2.51. The molecule has 0 atom stereocenters. The number of nitrogens with one attached hydrogen (secondary N) is 1. The van der Waals surface area contributed by atoms with E-state index in [0.29, 0.717) is 0 Å². The van der Waals surface area contributed by atoms with Gasteiger partial charge >= 0.3 is 5.97 Å². The molecule has 6 nitrogen and oxygen atoms in total. The number of carboxylic acid groups (broad SMARTS) is 1. The van der Waals surface area contributed by atoms with Crippen LogP contribution in [0.1, 0.15) is 0 Å². The molecule has 0 bridgehead atoms. The van der Waals surface area contributed by atoms with Gasteiger partial charge in [0.2, 0.25) is 10.0 Å². The number of rotatable bonds is 7. The second-order valence-corrected chi connectivity index (χ2v) is 5.42. The summed E-state index contributed by atoms with van der Waals surface area (Å²) in [5.41, 5.74) is 0. The van der Waals surface area contributed by atoms with Gasteiger partial charge in [0, 0.05) is 6.54 Å². The molecule has 1 aromatic rings. The Morgan fingerprint density at radius 3 is 2.67 bits per heavy atom. The van der Waals surface area contributed by atoms with Crippen LogP contribution >= 0.6 is 11.6 Å². The largest absolute Gasteiger partial charge is 0.480 e. The second-order valence-electron chi connectivity index (χ2n) is 3.27. The lowest BCUT2D eigenvalue weighted by Gasteiger charge is -2.07. The van der Waals surface area contributed by atoms with E-state index in [4.69, 9.17) is 21.4 Å². The van der Waals surface area contributed by atoms with Gasteiger partial charge in [0.05, 0.1) is 11.6 Å². The van der Waals surface area contributed by atoms with Gasteiger partial charge in [0.1, 0.15) is 11.5 Å². The summed E-state index contributed by atoms with van der Waals surface area (Å²) in [6.07, 6.45) is 0. The van der Waals surface area contributed by atoms with Gasteiger partial charge in [-0.2, -0.15) is 0 Å². The minimum absolute atomic E-state index is 0.0232. The summed E-state index contributed by atoms with van der Waals surface area (Å²) in [7, 11) is -3.70. The van der Waals surface area contributed by atoms with E-state index in [1.807, 2.05) is 0 Å². The molecule has 1 aromatic carbocycles. The van der Waals surface area contributed by atoms with Crippen LogP contribution in [-0.4, -0.2) is 39.3 Å². The summed E-state index contributed by atoms with van der Waals surface area (Å²) in [4.78, 5) is 10.1. The van der Waals surface area contributed by atoms with E-state index in [1.54, 1.807) is 12.1 Å². The number of hydrogen-bond acceptors (Lipinski definition) is 4. The molecule has 0 aliphatic heterocycles. The molecule has 0 aromatic heterocycles. The number of sulfonamides is 1. The number of hydrogen-bond donors (Lipinski definition) is 2. The fraction of sp³-hybridized carbons (Fsp3) is 0.300. The van der Waals surface area contributed by atoms with Crippen LogP contribution in [0.2, 0.25) is 5.02 Å². The minimum Gasteiger partial charge on any atom is -0.480 e.